The molecule has 1 heterocycles. The number of methoxy groups -OCH3 is 3. The molecule has 2 unspecified atom stereocenters. The van der Waals surface area contributed by atoms with Crippen molar-refractivity contribution >= 4 is 17.5 Å². The number of piperidine rings is 1. The van der Waals surface area contributed by atoms with E-state index in [1.54, 1.807) is 32.3 Å². The minimum atomic E-state index is -0.487. The third-order valence-electron chi connectivity index (χ3n) is 5.89. The van der Waals surface area contributed by atoms with Gasteiger partial charge in [-0.1, -0.05) is 6.07 Å². The lowest BCUT2D eigenvalue weighted by atomic mass is 9.83. The highest BCUT2D eigenvalue weighted by Gasteiger charge is 2.41. The van der Waals surface area contributed by atoms with E-state index in [-0.39, 0.29) is 11.8 Å². The van der Waals surface area contributed by atoms with Crippen LogP contribution >= 0.6 is 0 Å². The van der Waals surface area contributed by atoms with Crippen LogP contribution in [0.2, 0.25) is 0 Å². The molecule has 1 N–H and O–H groups in total. The van der Waals surface area contributed by atoms with E-state index in [0.29, 0.717) is 42.3 Å². The number of carbonyl (C=O) groups excluding carboxylic acids is 2. The predicted octanol–water partition coefficient (Wildman–Crippen LogP) is 2.87. The number of hydrogen-bond acceptors (Lipinski definition) is 6. The van der Waals surface area contributed by atoms with Crippen LogP contribution in [-0.2, 0) is 9.59 Å². The Bertz CT molecular complexity index is 961. The Morgan fingerprint density at radius 1 is 1.03 bits per heavy atom. The molecule has 3 rings (SSSR count). The zero-order valence-corrected chi connectivity index (χ0v) is 20.0. The number of hydrogen-bond donors (Lipinski definition) is 1. The van der Waals surface area contributed by atoms with Gasteiger partial charge in [0, 0.05) is 25.2 Å². The Morgan fingerprint density at radius 3 is 2.33 bits per heavy atom. The van der Waals surface area contributed by atoms with Crippen molar-refractivity contribution in [2.75, 3.05) is 53.4 Å². The molecule has 178 valence electrons. The molecule has 1 saturated heterocycles. The summed E-state index contributed by atoms with van der Waals surface area (Å²) in [6, 6.07) is 12.4. The summed E-state index contributed by atoms with van der Waals surface area (Å²) in [6.07, 6.45) is 0.764. The minimum Gasteiger partial charge on any atom is -0.497 e. The summed E-state index contributed by atoms with van der Waals surface area (Å²) in [5, 5.41) is 3.05. The van der Waals surface area contributed by atoms with Crippen molar-refractivity contribution in [3.05, 3.63) is 48.0 Å². The summed E-state index contributed by atoms with van der Waals surface area (Å²) in [4.78, 5) is 30.2. The van der Waals surface area contributed by atoms with Crippen molar-refractivity contribution in [1.29, 1.82) is 0 Å². The summed E-state index contributed by atoms with van der Waals surface area (Å²) < 4.78 is 16.2. The molecule has 2 aromatic carbocycles. The standard InChI is InChI=1S/C25H33N3O5/c1-27(2)15-14-26-25(30)20-11-13-23(29)28(18-7-9-19(31-3)10-8-18)24(20)17-6-12-21(32-4)22(16-17)33-5/h6-10,12,16,20,24H,11,13-15H2,1-5H3,(H,26,30). The summed E-state index contributed by atoms with van der Waals surface area (Å²) in [5.74, 6) is 1.33. The maximum atomic E-state index is 13.3. The van der Waals surface area contributed by atoms with Crippen LogP contribution in [0.4, 0.5) is 5.69 Å². The maximum Gasteiger partial charge on any atom is 0.227 e. The van der Waals surface area contributed by atoms with Gasteiger partial charge in [0.1, 0.15) is 5.75 Å². The molecule has 1 fully saturated rings. The predicted molar refractivity (Wildman–Crippen MR) is 127 cm³/mol. The number of nitrogens with one attached hydrogen (secondary N) is 1. The first-order valence-electron chi connectivity index (χ1n) is 11.0. The van der Waals surface area contributed by atoms with Crippen LogP contribution in [0.25, 0.3) is 0 Å². The van der Waals surface area contributed by atoms with Crippen molar-refractivity contribution in [1.82, 2.24) is 10.2 Å². The maximum absolute atomic E-state index is 13.3. The lowest BCUT2D eigenvalue weighted by Gasteiger charge is -2.41. The molecule has 8 heteroatoms. The van der Waals surface area contributed by atoms with Gasteiger partial charge in [-0.15, -0.1) is 0 Å². The second-order valence-electron chi connectivity index (χ2n) is 8.26. The molecule has 0 saturated carbocycles. The number of nitrogens with zero attached hydrogens (tertiary/aromatic N) is 2. The monoisotopic (exact) mass is 455 g/mol. The van der Waals surface area contributed by atoms with Crippen LogP contribution in [-0.4, -0.2) is 65.2 Å². The summed E-state index contributed by atoms with van der Waals surface area (Å²) in [5.41, 5.74) is 1.52. The lowest BCUT2D eigenvalue weighted by molar-refractivity contribution is -0.129. The lowest BCUT2D eigenvalue weighted by Crippen LogP contribution is -2.49. The van der Waals surface area contributed by atoms with E-state index in [0.717, 1.165) is 12.1 Å². The molecule has 0 aromatic heterocycles. The first-order valence-corrected chi connectivity index (χ1v) is 11.0. The Hall–Kier alpha value is -3.26. The molecule has 1 aliphatic rings. The third kappa shape index (κ3) is 5.57. The van der Waals surface area contributed by atoms with E-state index in [1.807, 2.05) is 55.4 Å². The van der Waals surface area contributed by atoms with Gasteiger partial charge in [0.15, 0.2) is 11.5 Å². The molecular formula is C25H33N3O5. The zero-order valence-electron chi connectivity index (χ0n) is 20.0. The average molecular weight is 456 g/mol. The largest absolute Gasteiger partial charge is 0.497 e. The van der Waals surface area contributed by atoms with Crippen LogP contribution in [0.1, 0.15) is 24.4 Å². The first kappa shape index (κ1) is 24.4. The highest BCUT2D eigenvalue weighted by molar-refractivity contribution is 5.97. The SMILES string of the molecule is COc1ccc(N2C(=O)CCC(C(=O)NCCN(C)C)C2c2ccc(OC)c(OC)c2)cc1. The van der Waals surface area contributed by atoms with Crippen molar-refractivity contribution in [2.45, 2.75) is 18.9 Å². The smallest absolute Gasteiger partial charge is 0.227 e. The number of rotatable bonds is 9. The molecule has 0 aliphatic carbocycles. The number of benzene rings is 2. The molecule has 33 heavy (non-hydrogen) atoms. The van der Waals surface area contributed by atoms with Crippen molar-refractivity contribution in [3.8, 4) is 17.2 Å². The molecule has 2 amide bonds. The summed E-state index contributed by atoms with van der Waals surface area (Å²) in [6.45, 7) is 1.28. The van der Waals surface area contributed by atoms with Crippen molar-refractivity contribution in [3.63, 3.8) is 0 Å². The Kier molecular flexibility index (Phi) is 8.16. The molecule has 1 aliphatic heterocycles. The van der Waals surface area contributed by atoms with E-state index in [9.17, 15) is 9.59 Å². The van der Waals surface area contributed by atoms with Crippen LogP contribution in [0.5, 0.6) is 17.2 Å². The Balaban J connectivity index is 2.03. The van der Waals surface area contributed by atoms with Crippen LogP contribution in [0.3, 0.4) is 0 Å². The van der Waals surface area contributed by atoms with E-state index in [4.69, 9.17) is 14.2 Å². The highest BCUT2D eigenvalue weighted by Crippen LogP contribution is 2.42. The van der Waals surface area contributed by atoms with Gasteiger partial charge in [-0.05, 0) is 62.5 Å². The second-order valence-corrected chi connectivity index (χ2v) is 8.26. The van der Waals surface area contributed by atoms with Crippen LogP contribution < -0.4 is 24.4 Å². The van der Waals surface area contributed by atoms with E-state index in [2.05, 4.69) is 5.32 Å². The number of carbonyl (C=O) groups is 2. The van der Waals surface area contributed by atoms with Crippen LogP contribution in [0, 0.1) is 5.92 Å². The normalized spacial score (nSPS) is 18.2. The fraction of sp³-hybridized carbons (Fsp3) is 0.440. The number of ether oxygens (including phenoxy) is 3. The second kappa shape index (κ2) is 11.0. The average Bonchev–Trinajstić information content (AvgIpc) is 2.83. The quantitative estimate of drug-likeness (QED) is 0.626. The molecule has 0 radical (unpaired) electrons. The summed E-state index contributed by atoms with van der Waals surface area (Å²) >= 11 is 0. The Morgan fingerprint density at radius 2 is 1.73 bits per heavy atom. The zero-order chi connectivity index (χ0) is 24.0. The molecule has 0 spiro atoms. The van der Waals surface area contributed by atoms with E-state index >= 15 is 0 Å². The third-order valence-corrected chi connectivity index (χ3v) is 5.89. The fourth-order valence-electron chi connectivity index (χ4n) is 4.17. The highest BCUT2D eigenvalue weighted by atomic mass is 16.5. The topological polar surface area (TPSA) is 80.3 Å². The van der Waals surface area contributed by atoms with Gasteiger partial charge < -0.3 is 29.3 Å². The number of anilines is 1. The number of likely N-dealkylation sites (N-methyl/N-ethyl adjacent to an activating group) is 1. The molecule has 0 bridgehead atoms. The number of amides is 2. The van der Waals surface area contributed by atoms with E-state index < -0.39 is 12.0 Å². The first-order chi connectivity index (χ1) is 15.9. The van der Waals surface area contributed by atoms with Gasteiger partial charge in [0.2, 0.25) is 11.8 Å². The van der Waals surface area contributed by atoms with Gasteiger partial charge >= 0.3 is 0 Å². The van der Waals surface area contributed by atoms with Gasteiger partial charge in [0.25, 0.3) is 0 Å². The Labute approximate surface area is 195 Å². The van der Waals surface area contributed by atoms with Crippen molar-refractivity contribution in [2.24, 2.45) is 5.92 Å². The molecule has 8 nitrogen and oxygen atoms in total. The molecule has 2 aromatic rings. The van der Waals surface area contributed by atoms with Crippen molar-refractivity contribution < 1.29 is 23.8 Å². The van der Waals surface area contributed by atoms with E-state index in [1.165, 1.54) is 0 Å². The fourth-order valence-corrected chi connectivity index (χ4v) is 4.17. The molecular weight excluding hydrogens is 422 g/mol. The molecule has 2 atom stereocenters. The van der Waals surface area contributed by atoms with Gasteiger partial charge in [-0.25, -0.2) is 0 Å². The van der Waals surface area contributed by atoms with Gasteiger partial charge in [0.05, 0.1) is 33.3 Å². The van der Waals surface area contributed by atoms with Gasteiger partial charge in [-0.3, -0.25) is 9.59 Å². The summed E-state index contributed by atoms with van der Waals surface area (Å²) in [7, 11) is 8.67. The van der Waals surface area contributed by atoms with Gasteiger partial charge in [-0.2, -0.15) is 0 Å². The minimum absolute atomic E-state index is 0.0303. The van der Waals surface area contributed by atoms with Crippen LogP contribution in [0.15, 0.2) is 42.5 Å².